The molecule has 1 aromatic heterocycles. The molecule has 2 aromatic rings. The van der Waals surface area contributed by atoms with Gasteiger partial charge in [0.05, 0.1) is 17.2 Å². The second kappa shape index (κ2) is 8.25. The van der Waals surface area contributed by atoms with Gasteiger partial charge < -0.3 is 10.2 Å². The number of likely N-dealkylation sites (tertiary alicyclic amines) is 1. The Morgan fingerprint density at radius 3 is 2.64 bits per heavy atom. The van der Waals surface area contributed by atoms with Gasteiger partial charge in [-0.3, -0.25) is 9.59 Å². The van der Waals surface area contributed by atoms with Gasteiger partial charge in [0.2, 0.25) is 11.8 Å². The molecule has 1 fully saturated rings. The molecule has 1 aliphatic heterocycles. The minimum Gasteiger partial charge on any atom is -0.350 e. The molecule has 6 heteroatoms. The van der Waals surface area contributed by atoms with E-state index < -0.39 is 0 Å². The molecule has 0 aliphatic carbocycles. The SMILES string of the molecule is CC(=O)N1CCC(C(=O)NCc2csc(Cc3ccccc3)n2)CC1. The maximum Gasteiger partial charge on any atom is 0.223 e. The topological polar surface area (TPSA) is 62.3 Å². The Hall–Kier alpha value is -2.21. The zero-order chi connectivity index (χ0) is 17.6. The fourth-order valence-corrected chi connectivity index (χ4v) is 3.89. The van der Waals surface area contributed by atoms with Crippen LogP contribution in [0.5, 0.6) is 0 Å². The normalized spacial score (nSPS) is 15.2. The van der Waals surface area contributed by atoms with Gasteiger partial charge in [-0.05, 0) is 18.4 Å². The number of aromatic nitrogens is 1. The number of hydrogen-bond acceptors (Lipinski definition) is 4. The van der Waals surface area contributed by atoms with E-state index in [4.69, 9.17) is 0 Å². The van der Waals surface area contributed by atoms with Crippen LogP contribution in [0.2, 0.25) is 0 Å². The Bertz CT molecular complexity index is 721. The first-order valence-corrected chi connectivity index (χ1v) is 9.50. The average molecular weight is 357 g/mol. The fourth-order valence-electron chi connectivity index (χ4n) is 3.06. The third kappa shape index (κ3) is 4.89. The Morgan fingerprint density at radius 2 is 1.96 bits per heavy atom. The van der Waals surface area contributed by atoms with Gasteiger partial charge in [0.1, 0.15) is 0 Å². The molecule has 1 aliphatic rings. The number of carbonyl (C=O) groups excluding carboxylic acids is 2. The summed E-state index contributed by atoms with van der Waals surface area (Å²) in [4.78, 5) is 30.1. The third-order valence-electron chi connectivity index (χ3n) is 4.55. The molecule has 2 heterocycles. The lowest BCUT2D eigenvalue weighted by Gasteiger charge is -2.30. The van der Waals surface area contributed by atoms with Crippen molar-refractivity contribution in [2.24, 2.45) is 5.92 Å². The minimum atomic E-state index is -0.00183. The molecule has 0 spiro atoms. The van der Waals surface area contributed by atoms with Gasteiger partial charge in [0.15, 0.2) is 0 Å². The van der Waals surface area contributed by atoms with Crippen LogP contribution in [0.1, 0.15) is 36.0 Å². The lowest BCUT2D eigenvalue weighted by Crippen LogP contribution is -2.42. The number of piperidine rings is 1. The number of carbonyl (C=O) groups is 2. The Morgan fingerprint density at radius 1 is 1.24 bits per heavy atom. The first-order chi connectivity index (χ1) is 12.1. The summed E-state index contributed by atoms with van der Waals surface area (Å²) in [6.07, 6.45) is 2.30. The molecule has 0 unspecified atom stereocenters. The number of benzene rings is 1. The molecule has 132 valence electrons. The number of rotatable bonds is 5. The maximum absolute atomic E-state index is 12.3. The van der Waals surface area contributed by atoms with Crippen LogP contribution in [-0.2, 0) is 22.6 Å². The largest absolute Gasteiger partial charge is 0.350 e. The van der Waals surface area contributed by atoms with Gasteiger partial charge in [-0.25, -0.2) is 4.98 Å². The highest BCUT2D eigenvalue weighted by molar-refractivity contribution is 7.09. The molecule has 0 radical (unpaired) electrons. The van der Waals surface area contributed by atoms with Crippen LogP contribution in [0.4, 0.5) is 0 Å². The highest BCUT2D eigenvalue weighted by atomic mass is 32.1. The van der Waals surface area contributed by atoms with E-state index in [0.717, 1.165) is 30.0 Å². The second-order valence-electron chi connectivity index (χ2n) is 6.39. The highest BCUT2D eigenvalue weighted by Gasteiger charge is 2.25. The Kier molecular flexibility index (Phi) is 5.81. The van der Waals surface area contributed by atoms with Gasteiger partial charge in [-0.15, -0.1) is 11.3 Å². The quantitative estimate of drug-likeness (QED) is 0.895. The molecule has 1 saturated heterocycles. The van der Waals surface area contributed by atoms with E-state index in [1.165, 1.54) is 5.56 Å². The van der Waals surface area contributed by atoms with Crippen LogP contribution < -0.4 is 5.32 Å². The van der Waals surface area contributed by atoms with Crippen molar-refractivity contribution >= 4 is 23.2 Å². The minimum absolute atomic E-state index is 0.00183. The van der Waals surface area contributed by atoms with Gasteiger partial charge in [0, 0.05) is 37.7 Å². The highest BCUT2D eigenvalue weighted by Crippen LogP contribution is 2.18. The van der Waals surface area contributed by atoms with Gasteiger partial charge >= 0.3 is 0 Å². The van der Waals surface area contributed by atoms with Gasteiger partial charge in [-0.1, -0.05) is 30.3 Å². The molecule has 5 nitrogen and oxygen atoms in total. The van der Waals surface area contributed by atoms with Gasteiger partial charge in [0.25, 0.3) is 0 Å². The maximum atomic E-state index is 12.3. The summed E-state index contributed by atoms with van der Waals surface area (Å²) in [5.41, 5.74) is 2.15. The average Bonchev–Trinajstić information content (AvgIpc) is 3.08. The first kappa shape index (κ1) is 17.6. The van der Waals surface area contributed by atoms with Crippen molar-refractivity contribution in [3.63, 3.8) is 0 Å². The van der Waals surface area contributed by atoms with Crippen molar-refractivity contribution in [3.8, 4) is 0 Å². The zero-order valence-electron chi connectivity index (χ0n) is 14.4. The molecule has 3 rings (SSSR count). The van der Waals surface area contributed by atoms with Crippen LogP contribution in [0, 0.1) is 5.92 Å². The molecular weight excluding hydrogens is 334 g/mol. The molecule has 25 heavy (non-hydrogen) atoms. The number of amides is 2. The van der Waals surface area contributed by atoms with Crippen LogP contribution in [0.25, 0.3) is 0 Å². The first-order valence-electron chi connectivity index (χ1n) is 8.62. The molecule has 0 bridgehead atoms. The Labute approximate surface area is 152 Å². The summed E-state index contributed by atoms with van der Waals surface area (Å²) in [6, 6.07) is 10.3. The van der Waals surface area contributed by atoms with Crippen LogP contribution in [0.15, 0.2) is 35.7 Å². The second-order valence-corrected chi connectivity index (χ2v) is 7.34. The van der Waals surface area contributed by atoms with Crippen molar-refractivity contribution in [1.82, 2.24) is 15.2 Å². The van der Waals surface area contributed by atoms with Crippen molar-refractivity contribution in [1.29, 1.82) is 0 Å². The van der Waals surface area contributed by atoms with Crippen molar-refractivity contribution in [3.05, 3.63) is 52.0 Å². The summed E-state index contributed by atoms with van der Waals surface area (Å²) < 4.78 is 0. The van der Waals surface area contributed by atoms with E-state index >= 15 is 0 Å². The number of nitrogens with one attached hydrogen (secondary N) is 1. The smallest absolute Gasteiger partial charge is 0.223 e. The molecule has 0 atom stereocenters. The molecule has 1 N–H and O–H groups in total. The van der Waals surface area contributed by atoms with Crippen LogP contribution in [0.3, 0.4) is 0 Å². The number of nitrogens with zero attached hydrogens (tertiary/aromatic N) is 2. The number of thiazole rings is 1. The van der Waals surface area contributed by atoms with Crippen LogP contribution in [-0.4, -0.2) is 34.8 Å². The predicted octanol–water partition coefficient (Wildman–Crippen LogP) is 2.61. The Balaban J connectivity index is 1.46. The van der Waals surface area contributed by atoms with Gasteiger partial charge in [-0.2, -0.15) is 0 Å². The van der Waals surface area contributed by atoms with Crippen molar-refractivity contribution in [2.75, 3.05) is 13.1 Å². The van der Waals surface area contributed by atoms with E-state index in [-0.39, 0.29) is 17.7 Å². The summed E-state index contributed by atoms with van der Waals surface area (Å²) >= 11 is 1.63. The van der Waals surface area contributed by atoms with E-state index in [2.05, 4.69) is 22.4 Å². The lowest BCUT2D eigenvalue weighted by molar-refractivity contribution is -0.134. The van der Waals surface area contributed by atoms with Crippen molar-refractivity contribution < 1.29 is 9.59 Å². The fraction of sp³-hybridized carbons (Fsp3) is 0.421. The summed E-state index contributed by atoms with van der Waals surface area (Å²) in [6.45, 7) is 3.39. The third-order valence-corrected chi connectivity index (χ3v) is 5.45. The number of hydrogen-bond donors (Lipinski definition) is 1. The van der Waals surface area contributed by atoms with E-state index in [1.807, 2.05) is 23.6 Å². The monoisotopic (exact) mass is 357 g/mol. The molecule has 2 amide bonds. The van der Waals surface area contributed by atoms with E-state index in [1.54, 1.807) is 23.2 Å². The van der Waals surface area contributed by atoms with Crippen LogP contribution >= 0.6 is 11.3 Å². The summed E-state index contributed by atoms with van der Waals surface area (Å²) in [7, 11) is 0. The van der Waals surface area contributed by atoms with Crippen molar-refractivity contribution in [2.45, 2.75) is 32.7 Å². The molecule has 0 saturated carbocycles. The lowest BCUT2D eigenvalue weighted by atomic mass is 9.96. The summed E-state index contributed by atoms with van der Waals surface area (Å²) in [5, 5.41) is 6.06. The standard InChI is InChI=1S/C19H23N3O2S/c1-14(23)22-9-7-16(8-10-22)19(24)20-12-17-13-25-18(21-17)11-15-5-3-2-4-6-15/h2-6,13,16H,7-12H2,1H3,(H,20,24). The molecular formula is C19H23N3O2S. The predicted molar refractivity (Wildman–Crippen MR) is 98.2 cm³/mol. The zero-order valence-corrected chi connectivity index (χ0v) is 15.2. The van der Waals surface area contributed by atoms with E-state index in [9.17, 15) is 9.59 Å². The molecule has 1 aromatic carbocycles. The summed E-state index contributed by atoms with van der Waals surface area (Å²) in [5.74, 6) is 0.158. The van der Waals surface area contributed by atoms with E-state index in [0.29, 0.717) is 19.6 Å².